The number of piperidine rings is 1. The van der Waals surface area contributed by atoms with E-state index < -0.39 is 0 Å². The molecule has 0 aromatic carbocycles. The summed E-state index contributed by atoms with van der Waals surface area (Å²) in [6.07, 6.45) is 13.5. The molecule has 0 saturated carbocycles. The first-order valence-corrected chi connectivity index (χ1v) is 12.4. The summed E-state index contributed by atoms with van der Waals surface area (Å²) in [7, 11) is 4.44. The average Bonchev–Trinajstić information content (AvgIpc) is 2.79. The van der Waals surface area contributed by atoms with Crippen molar-refractivity contribution in [2.45, 2.75) is 91.9 Å². The minimum absolute atomic E-state index is 0.754. The molecule has 0 amide bonds. The molecule has 0 atom stereocenters. The van der Waals surface area contributed by atoms with Gasteiger partial charge < -0.3 is 24.3 Å². The van der Waals surface area contributed by atoms with Crippen molar-refractivity contribution < 1.29 is 9.59 Å². The molecule has 1 heterocycles. The van der Waals surface area contributed by atoms with Crippen molar-refractivity contribution in [3.63, 3.8) is 0 Å². The molecular formula is C25H55N3O2. The topological polar surface area (TPSA) is 43.9 Å². The average molecular weight is 430 g/mol. The van der Waals surface area contributed by atoms with E-state index in [0.717, 1.165) is 25.7 Å². The van der Waals surface area contributed by atoms with Gasteiger partial charge in [0.15, 0.2) is 0 Å². The molecule has 5 nitrogen and oxygen atoms in total. The number of unbranched alkanes of at least 4 members (excludes halogenated alkanes) is 5. The lowest BCUT2D eigenvalue weighted by molar-refractivity contribution is -0.108. The molecule has 0 unspecified atom stereocenters. The molecule has 0 N–H and O–H groups in total. The van der Waals surface area contributed by atoms with Crippen LogP contribution < -0.4 is 0 Å². The maximum Gasteiger partial charge on any atom is 0.119 e. The third-order valence-electron chi connectivity index (χ3n) is 5.08. The molecule has 0 bridgehead atoms. The van der Waals surface area contributed by atoms with Crippen LogP contribution in [0.3, 0.4) is 0 Å². The molecule has 0 aliphatic carbocycles. The van der Waals surface area contributed by atoms with Gasteiger partial charge in [0.25, 0.3) is 0 Å². The van der Waals surface area contributed by atoms with Gasteiger partial charge in [-0.25, -0.2) is 0 Å². The highest BCUT2D eigenvalue weighted by Crippen LogP contribution is 2.07. The number of aldehydes is 1. The zero-order chi connectivity index (χ0) is 23.5. The van der Waals surface area contributed by atoms with E-state index in [0.29, 0.717) is 0 Å². The molecule has 1 fully saturated rings. The fraction of sp³-hybridized carbons (Fsp3) is 0.920. The molecule has 1 saturated heterocycles. The Morgan fingerprint density at radius 3 is 1.83 bits per heavy atom. The van der Waals surface area contributed by atoms with E-state index in [2.05, 4.69) is 56.5 Å². The first kappa shape index (κ1) is 33.8. The fourth-order valence-corrected chi connectivity index (χ4v) is 2.94. The Bertz CT molecular complexity index is 311. The van der Waals surface area contributed by atoms with Crippen LogP contribution in [0.5, 0.6) is 0 Å². The van der Waals surface area contributed by atoms with Crippen molar-refractivity contribution in [3.8, 4) is 0 Å². The van der Waals surface area contributed by atoms with E-state index in [-0.39, 0.29) is 0 Å². The lowest BCUT2D eigenvalue weighted by Crippen LogP contribution is -2.38. The van der Waals surface area contributed by atoms with Crippen molar-refractivity contribution in [3.05, 3.63) is 0 Å². The van der Waals surface area contributed by atoms with Gasteiger partial charge in [0.1, 0.15) is 13.1 Å². The SMILES string of the molecule is C=O.CCC.CCCCCCCC=O.CCN(C)CCN(C)CCN1CCCCC1. The van der Waals surface area contributed by atoms with Gasteiger partial charge in [-0.05, 0) is 53.0 Å². The first-order valence-electron chi connectivity index (χ1n) is 12.4. The highest BCUT2D eigenvalue weighted by molar-refractivity contribution is 5.48. The fourth-order valence-electron chi connectivity index (χ4n) is 2.94. The molecule has 1 aliphatic rings. The van der Waals surface area contributed by atoms with Gasteiger partial charge in [-0.3, -0.25) is 0 Å². The van der Waals surface area contributed by atoms with Crippen molar-refractivity contribution in [1.29, 1.82) is 0 Å². The number of likely N-dealkylation sites (N-methyl/N-ethyl adjacent to an activating group) is 2. The van der Waals surface area contributed by atoms with Gasteiger partial charge in [-0.1, -0.05) is 66.2 Å². The van der Waals surface area contributed by atoms with E-state index in [1.807, 2.05) is 6.79 Å². The standard InChI is InChI=1S/C13H29N3.C8H16O.C3H8.CH2O/c1-4-14(2)10-11-15(3)12-13-16-8-6-5-7-9-16;1-2-3-4-5-6-7-8-9;1-3-2;1-2/h4-13H2,1-3H3;8H,2-7H2,1H3;3H2,1-2H3;1H2. The Morgan fingerprint density at radius 1 is 0.800 bits per heavy atom. The first-order chi connectivity index (χ1) is 14.5. The van der Waals surface area contributed by atoms with E-state index in [1.54, 1.807) is 0 Å². The molecule has 0 radical (unpaired) electrons. The summed E-state index contributed by atoms with van der Waals surface area (Å²) in [6.45, 7) is 19.3. The van der Waals surface area contributed by atoms with Gasteiger partial charge in [-0.15, -0.1) is 0 Å². The maximum atomic E-state index is 9.84. The third kappa shape index (κ3) is 29.4. The monoisotopic (exact) mass is 429 g/mol. The van der Waals surface area contributed by atoms with Gasteiger partial charge >= 0.3 is 0 Å². The predicted molar refractivity (Wildman–Crippen MR) is 133 cm³/mol. The maximum absolute atomic E-state index is 9.84. The number of rotatable bonds is 13. The Hall–Kier alpha value is -0.780. The summed E-state index contributed by atoms with van der Waals surface area (Å²) in [6, 6.07) is 0. The van der Waals surface area contributed by atoms with Crippen LogP contribution in [0, 0.1) is 0 Å². The van der Waals surface area contributed by atoms with Gasteiger partial charge in [0, 0.05) is 32.6 Å². The summed E-state index contributed by atoms with van der Waals surface area (Å²) in [5, 5.41) is 0. The highest BCUT2D eigenvalue weighted by Gasteiger charge is 2.10. The summed E-state index contributed by atoms with van der Waals surface area (Å²) in [4.78, 5) is 25.3. The number of hydrogen-bond donors (Lipinski definition) is 0. The number of hydrogen-bond acceptors (Lipinski definition) is 5. The third-order valence-corrected chi connectivity index (χ3v) is 5.08. The molecule has 0 aromatic heterocycles. The van der Waals surface area contributed by atoms with Crippen LogP contribution in [-0.2, 0) is 9.59 Å². The second-order valence-electron chi connectivity index (χ2n) is 8.18. The zero-order valence-corrected chi connectivity index (χ0v) is 21.5. The van der Waals surface area contributed by atoms with Crippen molar-refractivity contribution >= 4 is 13.1 Å². The molecule has 1 rings (SSSR count). The zero-order valence-electron chi connectivity index (χ0n) is 21.5. The molecule has 5 heteroatoms. The van der Waals surface area contributed by atoms with Gasteiger partial charge in [-0.2, -0.15) is 0 Å². The number of likely N-dealkylation sites (tertiary alicyclic amines) is 1. The summed E-state index contributed by atoms with van der Waals surface area (Å²) in [5.74, 6) is 0. The molecule has 1 aliphatic heterocycles. The Labute approximate surface area is 189 Å². The molecule has 0 aromatic rings. The minimum atomic E-state index is 0.754. The molecule has 0 spiro atoms. The van der Waals surface area contributed by atoms with Crippen molar-refractivity contribution in [2.24, 2.45) is 0 Å². The van der Waals surface area contributed by atoms with E-state index in [9.17, 15) is 4.79 Å². The van der Waals surface area contributed by atoms with E-state index in [1.165, 1.54) is 90.6 Å². The largest absolute Gasteiger partial charge is 0.307 e. The van der Waals surface area contributed by atoms with Crippen molar-refractivity contribution in [1.82, 2.24) is 14.7 Å². The van der Waals surface area contributed by atoms with Crippen LogP contribution in [0.15, 0.2) is 0 Å². The minimum Gasteiger partial charge on any atom is -0.307 e. The van der Waals surface area contributed by atoms with Crippen LogP contribution in [0.1, 0.15) is 91.9 Å². The summed E-state index contributed by atoms with van der Waals surface area (Å²) >= 11 is 0. The van der Waals surface area contributed by atoms with Crippen LogP contribution in [0.2, 0.25) is 0 Å². The number of carbonyl (C=O) groups is 2. The highest BCUT2D eigenvalue weighted by atomic mass is 16.1. The Balaban J connectivity index is -0.000000441. The number of carbonyl (C=O) groups excluding carboxylic acids is 2. The van der Waals surface area contributed by atoms with Crippen LogP contribution in [0.25, 0.3) is 0 Å². The lowest BCUT2D eigenvalue weighted by Gasteiger charge is -2.29. The Morgan fingerprint density at radius 2 is 1.33 bits per heavy atom. The van der Waals surface area contributed by atoms with Gasteiger partial charge in [0.2, 0.25) is 0 Å². The van der Waals surface area contributed by atoms with E-state index >= 15 is 0 Å². The number of nitrogens with zero attached hydrogens (tertiary/aromatic N) is 3. The van der Waals surface area contributed by atoms with Crippen LogP contribution in [0.4, 0.5) is 0 Å². The normalized spacial score (nSPS) is 13.5. The van der Waals surface area contributed by atoms with Crippen molar-refractivity contribution in [2.75, 3.05) is 59.9 Å². The summed E-state index contributed by atoms with van der Waals surface area (Å²) in [5.41, 5.74) is 0. The Kier molecular flexibility index (Phi) is 34.3. The molecule has 30 heavy (non-hydrogen) atoms. The predicted octanol–water partition coefficient (Wildman–Crippen LogP) is 5.13. The van der Waals surface area contributed by atoms with Gasteiger partial charge in [0.05, 0.1) is 0 Å². The molecular weight excluding hydrogens is 374 g/mol. The quantitative estimate of drug-likeness (QED) is 0.300. The second-order valence-corrected chi connectivity index (χ2v) is 8.18. The van der Waals surface area contributed by atoms with E-state index in [4.69, 9.17) is 4.79 Å². The smallest absolute Gasteiger partial charge is 0.119 e. The van der Waals surface area contributed by atoms with Crippen LogP contribution >= 0.6 is 0 Å². The molecule has 182 valence electrons. The van der Waals surface area contributed by atoms with Crippen LogP contribution in [-0.4, -0.2) is 87.7 Å². The lowest BCUT2D eigenvalue weighted by atomic mass is 10.1. The summed E-state index contributed by atoms with van der Waals surface area (Å²) < 4.78 is 0. The second kappa shape index (κ2) is 30.4.